The molecule has 0 aliphatic carbocycles. The van der Waals surface area contributed by atoms with Gasteiger partial charge in [0.2, 0.25) is 5.82 Å². The number of hydrogen-bond acceptors (Lipinski definition) is 7. The van der Waals surface area contributed by atoms with E-state index in [1.54, 1.807) is 10.9 Å². The van der Waals surface area contributed by atoms with Gasteiger partial charge < -0.3 is 15.0 Å². The Hall–Kier alpha value is -1.87. The maximum Gasteiger partial charge on any atom is 0.289 e. The minimum Gasteiger partial charge on any atom is -0.379 e. The zero-order valence-corrected chi connectivity index (χ0v) is 16.4. The molecule has 1 saturated heterocycles. The number of aromatic nitrogens is 4. The lowest BCUT2D eigenvalue weighted by Crippen LogP contribution is -2.34. The van der Waals surface area contributed by atoms with Gasteiger partial charge >= 0.3 is 0 Å². The molecule has 0 atom stereocenters. The molecular weight excluding hydrogens is 352 g/mol. The average Bonchev–Trinajstić information content (AvgIpc) is 3.02. The van der Waals surface area contributed by atoms with Gasteiger partial charge in [0.05, 0.1) is 17.7 Å². The molecule has 1 aliphatic rings. The lowest BCUT2D eigenvalue weighted by Gasteiger charge is -2.27. The Morgan fingerprint density at radius 1 is 1.35 bits per heavy atom. The molecular formula is C17H26N6O2S. The first-order valence-electron chi connectivity index (χ1n) is 8.98. The molecule has 0 aromatic carbocycles. The molecule has 0 bridgehead atoms. The summed E-state index contributed by atoms with van der Waals surface area (Å²) in [5.41, 5.74) is 0.682. The molecule has 0 saturated carbocycles. The van der Waals surface area contributed by atoms with E-state index in [1.807, 2.05) is 32.7 Å². The standard InChI is InChI=1S/C17H26N6O2S/c1-12(2)25-8-4-5-18-17(24)14-20-15-13(11-19-22(15)3)16(21-14)23-6-9-26-10-7-23/h11-12H,4-10H2,1-3H3,(H,18,24). The van der Waals surface area contributed by atoms with Crippen molar-refractivity contribution in [2.75, 3.05) is 42.6 Å². The van der Waals surface area contributed by atoms with Crippen LogP contribution in [0.4, 0.5) is 5.82 Å². The Kier molecular flexibility index (Phi) is 6.31. The fraction of sp³-hybridized carbons (Fsp3) is 0.647. The van der Waals surface area contributed by atoms with E-state index in [0.29, 0.717) is 18.8 Å². The van der Waals surface area contributed by atoms with Gasteiger partial charge in [0.15, 0.2) is 5.65 Å². The maximum atomic E-state index is 12.5. The molecule has 1 aliphatic heterocycles. The summed E-state index contributed by atoms with van der Waals surface area (Å²) >= 11 is 1.94. The summed E-state index contributed by atoms with van der Waals surface area (Å²) in [7, 11) is 1.83. The van der Waals surface area contributed by atoms with E-state index in [-0.39, 0.29) is 17.8 Å². The van der Waals surface area contributed by atoms with E-state index in [4.69, 9.17) is 4.74 Å². The number of aryl methyl sites for hydroxylation is 1. The second-order valence-electron chi connectivity index (χ2n) is 6.50. The maximum absolute atomic E-state index is 12.5. The lowest BCUT2D eigenvalue weighted by molar-refractivity contribution is 0.0756. The molecule has 0 radical (unpaired) electrons. The number of nitrogens with one attached hydrogen (secondary N) is 1. The van der Waals surface area contributed by atoms with Gasteiger partial charge in [-0.2, -0.15) is 16.9 Å². The summed E-state index contributed by atoms with van der Waals surface area (Å²) < 4.78 is 7.17. The fourth-order valence-corrected chi connectivity index (χ4v) is 3.70. The molecule has 142 valence electrons. The van der Waals surface area contributed by atoms with Crippen molar-refractivity contribution < 1.29 is 9.53 Å². The quantitative estimate of drug-likeness (QED) is 0.730. The van der Waals surface area contributed by atoms with Crippen molar-refractivity contribution in [3.05, 3.63) is 12.0 Å². The number of rotatable bonds is 7. The van der Waals surface area contributed by atoms with Crippen LogP contribution in [0.15, 0.2) is 6.20 Å². The first-order valence-corrected chi connectivity index (χ1v) is 10.1. The highest BCUT2D eigenvalue weighted by Crippen LogP contribution is 2.25. The Bertz CT molecular complexity index is 757. The molecule has 26 heavy (non-hydrogen) atoms. The van der Waals surface area contributed by atoms with Crippen LogP contribution in [0, 0.1) is 0 Å². The van der Waals surface area contributed by atoms with E-state index in [1.165, 1.54) is 0 Å². The molecule has 2 aromatic rings. The molecule has 0 unspecified atom stereocenters. The Morgan fingerprint density at radius 3 is 2.85 bits per heavy atom. The van der Waals surface area contributed by atoms with E-state index >= 15 is 0 Å². The number of carbonyl (C=O) groups excluding carboxylic acids is 1. The highest BCUT2D eigenvalue weighted by atomic mass is 32.2. The zero-order chi connectivity index (χ0) is 18.5. The predicted molar refractivity (Wildman–Crippen MR) is 104 cm³/mol. The molecule has 1 amide bonds. The topological polar surface area (TPSA) is 85.2 Å². The number of fused-ring (bicyclic) bond motifs is 1. The van der Waals surface area contributed by atoms with E-state index in [0.717, 1.165) is 42.2 Å². The molecule has 0 spiro atoms. The average molecular weight is 379 g/mol. The summed E-state index contributed by atoms with van der Waals surface area (Å²) in [5, 5.41) is 8.06. The molecule has 3 rings (SSSR count). The lowest BCUT2D eigenvalue weighted by atomic mass is 10.3. The van der Waals surface area contributed by atoms with Crippen molar-refractivity contribution in [3.8, 4) is 0 Å². The normalized spacial score (nSPS) is 15.0. The molecule has 1 N–H and O–H groups in total. The predicted octanol–water partition coefficient (Wildman–Crippen LogP) is 1.46. The third-order valence-corrected chi connectivity index (χ3v) is 5.09. The van der Waals surface area contributed by atoms with Gasteiger partial charge in [-0.1, -0.05) is 0 Å². The Morgan fingerprint density at radius 2 is 2.12 bits per heavy atom. The van der Waals surface area contributed by atoms with Gasteiger partial charge in [-0.25, -0.2) is 9.97 Å². The molecule has 2 aromatic heterocycles. The van der Waals surface area contributed by atoms with Crippen molar-refractivity contribution in [2.24, 2.45) is 7.05 Å². The van der Waals surface area contributed by atoms with Gasteiger partial charge in [-0.05, 0) is 20.3 Å². The van der Waals surface area contributed by atoms with Gasteiger partial charge in [-0.3, -0.25) is 9.48 Å². The highest BCUT2D eigenvalue weighted by Gasteiger charge is 2.21. The number of nitrogens with zero attached hydrogens (tertiary/aromatic N) is 5. The van der Waals surface area contributed by atoms with Crippen LogP contribution >= 0.6 is 11.8 Å². The van der Waals surface area contributed by atoms with Gasteiger partial charge in [0.1, 0.15) is 5.82 Å². The number of hydrogen-bond donors (Lipinski definition) is 1. The van der Waals surface area contributed by atoms with Gasteiger partial charge in [0.25, 0.3) is 5.91 Å². The SMILES string of the molecule is CC(C)OCCCNC(=O)c1nc(N2CCSCC2)c2cnn(C)c2n1. The van der Waals surface area contributed by atoms with Crippen molar-refractivity contribution in [2.45, 2.75) is 26.4 Å². The molecule has 8 nitrogen and oxygen atoms in total. The third-order valence-electron chi connectivity index (χ3n) is 4.14. The zero-order valence-electron chi connectivity index (χ0n) is 15.6. The van der Waals surface area contributed by atoms with Crippen LogP contribution in [0.1, 0.15) is 30.9 Å². The summed E-state index contributed by atoms with van der Waals surface area (Å²) in [6.07, 6.45) is 2.73. The molecule has 9 heteroatoms. The van der Waals surface area contributed by atoms with Crippen molar-refractivity contribution in [1.82, 2.24) is 25.1 Å². The molecule has 3 heterocycles. The first kappa shape index (κ1) is 18.9. The van der Waals surface area contributed by atoms with Crippen LogP contribution in [0.3, 0.4) is 0 Å². The van der Waals surface area contributed by atoms with E-state index in [9.17, 15) is 4.79 Å². The van der Waals surface area contributed by atoms with Crippen molar-refractivity contribution >= 4 is 34.5 Å². The first-order chi connectivity index (χ1) is 12.6. The third kappa shape index (κ3) is 4.45. The van der Waals surface area contributed by atoms with E-state index < -0.39 is 0 Å². The largest absolute Gasteiger partial charge is 0.379 e. The Labute approximate surface area is 157 Å². The van der Waals surface area contributed by atoms with Gasteiger partial charge in [-0.15, -0.1) is 0 Å². The summed E-state index contributed by atoms with van der Waals surface area (Å²) in [5.74, 6) is 2.85. The van der Waals surface area contributed by atoms with Crippen LogP contribution in [-0.2, 0) is 11.8 Å². The Balaban J connectivity index is 1.75. The van der Waals surface area contributed by atoms with Crippen LogP contribution < -0.4 is 10.2 Å². The minimum atomic E-state index is -0.259. The number of thioether (sulfide) groups is 1. The van der Waals surface area contributed by atoms with Crippen molar-refractivity contribution in [3.63, 3.8) is 0 Å². The summed E-state index contributed by atoms with van der Waals surface area (Å²) in [6.45, 7) is 6.98. The fourth-order valence-electron chi connectivity index (χ4n) is 2.80. The van der Waals surface area contributed by atoms with Crippen LogP contribution in [0.2, 0.25) is 0 Å². The minimum absolute atomic E-state index is 0.194. The highest BCUT2D eigenvalue weighted by molar-refractivity contribution is 7.99. The van der Waals surface area contributed by atoms with Crippen LogP contribution in [0.25, 0.3) is 11.0 Å². The number of ether oxygens (including phenoxy) is 1. The summed E-state index contributed by atoms with van der Waals surface area (Å²) in [4.78, 5) is 23.7. The number of anilines is 1. The number of amides is 1. The van der Waals surface area contributed by atoms with Crippen molar-refractivity contribution in [1.29, 1.82) is 0 Å². The molecule has 1 fully saturated rings. The monoisotopic (exact) mass is 378 g/mol. The van der Waals surface area contributed by atoms with E-state index in [2.05, 4.69) is 25.3 Å². The second-order valence-corrected chi connectivity index (χ2v) is 7.73. The summed E-state index contributed by atoms with van der Waals surface area (Å²) in [6, 6.07) is 0. The number of carbonyl (C=O) groups is 1. The van der Waals surface area contributed by atoms with Crippen LogP contribution in [0.5, 0.6) is 0 Å². The second kappa shape index (κ2) is 8.68. The van der Waals surface area contributed by atoms with Gasteiger partial charge in [0, 0.05) is 44.8 Å². The smallest absolute Gasteiger partial charge is 0.289 e. The van der Waals surface area contributed by atoms with Crippen LogP contribution in [-0.4, -0.2) is 69.5 Å².